The predicted octanol–water partition coefficient (Wildman–Crippen LogP) is 2.27. The second kappa shape index (κ2) is 5.20. The highest BCUT2D eigenvalue weighted by Gasteiger charge is 2.13. The zero-order chi connectivity index (χ0) is 11.3. The molecule has 0 aliphatic heterocycles. The molecule has 1 aromatic carbocycles. The average molecular weight is 206 g/mol. The second-order valence-corrected chi connectivity index (χ2v) is 3.20. The molecule has 0 unspecified atom stereocenters. The van der Waals surface area contributed by atoms with Gasteiger partial charge in [0.05, 0.1) is 0 Å². The van der Waals surface area contributed by atoms with Crippen LogP contribution in [0, 0.1) is 0 Å². The summed E-state index contributed by atoms with van der Waals surface area (Å²) in [5, 5.41) is 8.72. The fourth-order valence-electron chi connectivity index (χ4n) is 1.18. The normalized spacial score (nSPS) is 11.8. The summed E-state index contributed by atoms with van der Waals surface area (Å²) in [5.41, 5.74) is 0.945. The van der Waals surface area contributed by atoms with Gasteiger partial charge in [0, 0.05) is 0 Å². The van der Waals surface area contributed by atoms with Crippen LogP contribution in [-0.2, 0) is 11.2 Å². The molecule has 0 aliphatic carbocycles. The van der Waals surface area contributed by atoms with Gasteiger partial charge in [0.15, 0.2) is 6.10 Å². The summed E-state index contributed by atoms with van der Waals surface area (Å²) in [6.45, 7) is 5.15. The van der Waals surface area contributed by atoms with E-state index in [0.717, 1.165) is 5.56 Å². The van der Waals surface area contributed by atoms with Crippen molar-refractivity contribution in [2.75, 3.05) is 0 Å². The molecule has 0 spiro atoms. The van der Waals surface area contributed by atoms with Crippen molar-refractivity contribution in [1.29, 1.82) is 0 Å². The first-order valence-electron chi connectivity index (χ1n) is 4.73. The average Bonchev–Trinajstić information content (AvgIpc) is 2.21. The van der Waals surface area contributed by atoms with Gasteiger partial charge in [0.1, 0.15) is 5.75 Å². The first-order valence-corrected chi connectivity index (χ1v) is 4.73. The van der Waals surface area contributed by atoms with E-state index < -0.39 is 12.1 Å². The molecular formula is C12H14O3. The third kappa shape index (κ3) is 3.13. The Hall–Kier alpha value is -1.77. The van der Waals surface area contributed by atoms with Crippen LogP contribution in [0.3, 0.4) is 0 Å². The van der Waals surface area contributed by atoms with Crippen LogP contribution in [0.5, 0.6) is 5.75 Å². The van der Waals surface area contributed by atoms with E-state index in [2.05, 4.69) is 6.58 Å². The maximum Gasteiger partial charge on any atom is 0.344 e. The van der Waals surface area contributed by atoms with Crippen molar-refractivity contribution < 1.29 is 14.6 Å². The van der Waals surface area contributed by atoms with Gasteiger partial charge in [-0.2, -0.15) is 0 Å². The minimum absolute atomic E-state index is 0.604. The fourth-order valence-corrected chi connectivity index (χ4v) is 1.18. The van der Waals surface area contributed by atoms with E-state index >= 15 is 0 Å². The van der Waals surface area contributed by atoms with Crippen molar-refractivity contribution in [1.82, 2.24) is 0 Å². The highest BCUT2D eigenvalue weighted by Crippen LogP contribution is 2.20. The number of hydrogen-bond donors (Lipinski definition) is 1. The number of carboxylic acid groups (broad SMARTS) is 1. The van der Waals surface area contributed by atoms with E-state index in [1.54, 1.807) is 12.1 Å². The smallest absolute Gasteiger partial charge is 0.344 e. The molecule has 80 valence electrons. The first kappa shape index (κ1) is 11.3. The number of allylic oxidation sites excluding steroid dienone is 1. The Bertz CT molecular complexity index is 358. The number of carboxylic acids is 1. The van der Waals surface area contributed by atoms with Crippen LogP contribution >= 0.6 is 0 Å². The molecule has 0 amide bonds. The van der Waals surface area contributed by atoms with Crippen molar-refractivity contribution in [2.45, 2.75) is 19.4 Å². The Kier molecular flexibility index (Phi) is 3.92. The van der Waals surface area contributed by atoms with Gasteiger partial charge >= 0.3 is 5.97 Å². The summed E-state index contributed by atoms with van der Waals surface area (Å²) >= 11 is 0. The number of carbonyl (C=O) groups is 1. The van der Waals surface area contributed by atoms with E-state index in [9.17, 15) is 4.79 Å². The monoisotopic (exact) mass is 206 g/mol. The standard InChI is InChI=1S/C12H14O3/c1-3-6-10-7-4-5-8-11(10)15-9(2)12(13)14/h3-5,7-9H,1,6H2,2H3,(H,13,14)/t9-/m0/s1. The van der Waals surface area contributed by atoms with Crippen LogP contribution in [-0.4, -0.2) is 17.2 Å². The molecule has 1 atom stereocenters. The van der Waals surface area contributed by atoms with Gasteiger partial charge in [-0.15, -0.1) is 6.58 Å². The van der Waals surface area contributed by atoms with Crippen LogP contribution in [0.15, 0.2) is 36.9 Å². The van der Waals surface area contributed by atoms with Crippen LogP contribution in [0.2, 0.25) is 0 Å². The van der Waals surface area contributed by atoms with Gasteiger partial charge in [0.25, 0.3) is 0 Å². The van der Waals surface area contributed by atoms with Crippen LogP contribution in [0.25, 0.3) is 0 Å². The molecule has 1 N–H and O–H groups in total. The molecule has 0 radical (unpaired) electrons. The van der Waals surface area contributed by atoms with Gasteiger partial charge in [0.2, 0.25) is 0 Å². The Balaban J connectivity index is 2.83. The number of benzene rings is 1. The van der Waals surface area contributed by atoms with E-state index in [1.165, 1.54) is 6.92 Å². The molecule has 0 saturated heterocycles. The van der Waals surface area contributed by atoms with Gasteiger partial charge in [-0.1, -0.05) is 24.3 Å². The quantitative estimate of drug-likeness (QED) is 0.752. The Labute approximate surface area is 89.0 Å². The topological polar surface area (TPSA) is 46.5 Å². The van der Waals surface area contributed by atoms with Crippen LogP contribution in [0.1, 0.15) is 12.5 Å². The lowest BCUT2D eigenvalue weighted by Crippen LogP contribution is -2.23. The molecule has 0 heterocycles. The number of hydrogen-bond acceptors (Lipinski definition) is 2. The summed E-state index contributed by atoms with van der Waals surface area (Å²) in [5.74, 6) is -0.365. The Morgan fingerprint density at radius 1 is 1.60 bits per heavy atom. The number of ether oxygens (including phenoxy) is 1. The number of para-hydroxylation sites is 1. The predicted molar refractivity (Wildman–Crippen MR) is 58.1 cm³/mol. The van der Waals surface area contributed by atoms with E-state index in [4.69, 9.17) is 9.84 Å². The van der Waals surface area contributed by atoms with Crippen molar-refractivity contribution in [3.05, 3.63) is 42.5 Å². The maximum absolute atomic E-state index is 10.6. The van der Waals surface area contributed by atoms with Gasteiger partial charge in [-0.3, -0.25) is 0 Å². The molecule has 3 nitrogen and oxygen atoms in total. The lowest BCUT2D eigenvalue weighted by atomic mass is 10.1. The Morgan fingerprint density at radius 3 is 2.87 bits per heavy atom. The van der Waals surface area contributed by atoms with Crippen molar-refractivity contribution >= 4 is 5.97 Å². The molecule has 1 rings (SSSR count). The summed E-state index contributed by atoms with van der Waals surface area (Å²) in [6.07, 6.45) is 1.59. The molecule has 0 bridgehead atoms. The van der Waals surface area contributed by atoms with Gasteiger partial charge < -0.3 is 9.84 Å². The zero-order valence-electron chi connectivity index (χ0n) is 8.64. The Morgan fingerprint density at radius 2 is 2.27 bits per heavy atom. The number of aliphatic carboxylic acids is 1. The summed E-state index contributed by atoms with van der Waals surface area (Å²) in [4.78, 5) is 10.6. The number of rotatable bonds is 5. The molecule has 0 aromatic heterocycles. The highest BCUT2D eigenvalue weighted by molar-refractivity contribution is 5.72. The lowest BCUT2D eigenvalue weighted by molar-refractivity contribution is -0.144. The highest BCUT2D eigenvalue weighted by atomic mass is 16.5. The molecule has 0 aliphatic rings. The van der Waals surface area contributed by atoms with Crippen LogP contribution < -0.4 is 4.74 Å². The molecule has 0 saturated carbocycles. The molecule has 15 heavy (non-hydrogen) atoms. The van der Waals surface area contributed by atoms with Crippen molar-refractivity contribution in [3.8, 4) is 5.75 Å². The van der Waals surface area contributed by atoms with E-state index in [-0.39, 0.29) is 0 Å². The van der Waals surface area contributed by atoms with Gasteiger partial charge in [-0.25, -0.2) is 4.79 Å². The molecule has 0 fully saturated rings. The molecular weight excluding hydrogens is 192 g/mol. The second-order valence-electron chi connectivity index (χ2n) is 3.20. The largest absolute Gasteiger partial charge is 0.479 e. The fraction of sp³-hybridized carbons (Fsp3) is 0.250. The third-order valence-electron chi connectivity index (χ3n) is 1.99. The zero-order valence-corrected chi connectivity index (χ0v) is 8.64. The van der Waals surface area contributed by atoms with Gasteiger partial charge in [-0.05, 0) is 25.0 Å². The minimum atomic E-state index is -0.969. The summed E-state index contributed by atoms with van der Waals surface area (Å²) in [6, 6.07) is 7.36. The SMILES string of the molecule is C=CCc1ccccc1O[C@@H](C)C(=O)O. The van der Waals surface area contributed by atoms with E-state index in [0.29, 0.717) is 12.2 Å². The van der Waals surface area contributed by atoms with Crippen molar-refractivity contribution in [2.24, 2.45) is 0 Å². The first-order chi connectivity index (χ1) is 7.15. The molecule has 1 aromatic rings. The lowest BCUT2D eigenvalue weighted by Gasteiger charge is -2.13. The van der Waals surface area contributed by atoms with Crippen molar-refractivity contribution in [3.63, 3.8) is 0 Å². The summed E-state index contributed by atoms with van der Waals surface area (Å²) < 4.78 is 5.31. The minimum Gasteiger partial charge on any atom is -0.479 e. The summed E-state index contributed by atoms with van der Waals surface area (Å²) in [7, 11) is 0. The maximum atomic E-state index is 10.6. The van der Waals surface area contributed by atoms with E-state index in [1.807, 2.05) is 18.2 Å². The van der Waals surface area contributed by atoms with Crippen LogP contribution in [0.4, 0.5) is 0 Å². The molecule has 3 heteroatoms. The third-order valence-corrected chi connectivity index (χ3v) is 1.99.